The predicted octanol–water partition coefficient (Wildman–Crippen LogP) is 0.393. The minimum atomic E-state index is -3.19. The molecule has 0 bridgehead atoms. The molecule has 1 aliphatic rings. The number of hydrogen-bond donors (Lipinski definition) is 2. The number of fused-ring (bicyclic) bond motifs is 1. The fraction of sp³-hybridized carbons (Fsp3) is 0.333. The van der Waals surface area contributed by atoms with Crippen molar-refractivity contribution >= 4 is 32.5 Å². The minimum Gasteiger partial charge on any atom is -0.326 e. The Morgan fingerprint density at radius 2 is 2.20 bits per heavy atom. The third kappa shape index (κ3) is 2.39. The van der Waals surface area contributed by atoms with Gasteiger partial charge < -0.3 is 5.32 Å². The van der Waals surface area contributed by atoms with Gasteiger partial charge in [0.2, 0.25) is 15.9 Å². The normalized spacial score (nSPS) is 17.1. The Morgan fingerprint density at radius 3 is 2.90 bits per heavy atom. The van der Waals surface area contributed by atoms with Crippen LogP contribution >= 0.6 is 0 Å². The summed E-state index contributed by atoms with van der Waals surface area (Å²) in [6, 6.07) is 5.45. The van der Waals surface area contributed by atoms with Crippen LogP contribution in [-0.4, -0.2) is 48.2 Å². The number of hydrogen-bond acceptors (Lipinski definition) is 4. The number of carbonyl (C=O) groups excluding carboxylic acids is 1. The zero-order valence-corrected chi connectivity index (χ0v) is 11.6. The number of anilines is 1. The van der Waals surface area contributed by atoms with Gasteiger partial charge in [-0.15, -0.1) is 0 Å². The van der Waals surface area contributed by atoms with Crippen LogP contribution in [0.15, 0.2) is 24.4 Å². The van der Waals surface area contributed by atoms with E-state index in [0.717, 1.165) is 17.2 Å². The Labute approximate surface area is 116 Å². The lowest BCUT2D eigenvalue weighted by molar-refractivity contribution is -0.122. The number of benzene rings is 1. The summed E-state index contributed by atoms with van der Waals surface area (Å²) in [5.74, 6) is -0.453. The highest BCUT2D eigenvalue weighted by atomic mass is 32.2. The number of aromatic nitrogens is 2. The van der Waals surface area contributed by atoms with Crippen molar-refractivity contribution in [3.05, 3.63) is 24.4 Å². The Bertz CT molecular complexity index is 762. The van der Waals surface area contributed by atoms with E-state index in [1.807, 2.05) is 6.07 Å². The summed E-state index contributed by atoms with van der Waals surface area (Å²) in [6.07, 6.45) is 2.85. The van der Waals surface area contributed by atoms with Crippen LogP contribution in [0, 0.1) is 5.92 Å². The van der Waals surface area contributed by atoms with E-state index >= 15 is 0 Å². The second kappa shape index (κ2) is 4.57. The minimum absolute atomic E-state index is 0.163. The zero-order valence-electron chi connectivity index (χ0n) is 10.8. The third-order valence-corrected chi connectivity index (χ3v) is 4.63. The van der Waals surface area contributed by atoms with E-state index < -0.39 is 10.0 Å². The molecule has 8 heteroatoms. The summed E-state index contributed by atoms with van der Waals surface area (Å²) in [5.41, 5.74) is 1.51. The highest BCUT2D eigenvalue weighted by Gasteiger charge is 2.37. The van der Waals surface area contributed by atoms with Gasteiger partial charge in [-0.3, -0.25) is 9.89 Å². The van der Waals surface area contributed by atoms with Crippen LogP contribution < -0.4 is 5.32 Å². The van der Waals surface area contributed by atoms with E-state index in [1.54, 1.807) is 18.3 Å². The van der Waals surface area contributed by atoms with Gasteiger partial charge >= 0.3 is 0 Å². The molecule has 0 spiro atoms. The number of carbonyl (C=O) groups is 1. The van der Waals surface area contributed by atoms with Crippen LogP contribution in [0.25, 0.3) is 10.9 Å². The van der Waals surface area contributed by atoms with E-state index in [4.69, 9.17) is 0 Å². The molecular weight excluding hydrogens is 280 g/mol. The fourth-order valence-corrected chi connectivity index (χ4v) is 3.04. The van der Waals surface area contributed by atoms with Crippen molar-refractivity contribution in [2.45, 2.75) is 0 Å². The summed E-state index contributed by atoms with van der Waals surface area (Å²) < 4.78 is 23.8. The molecule has 7 nitrogen and oxygen atoms in total. The first-order valence-corrected chi connectivity index (χ1v) is 7.97. The molecule has 1 fully saturated rings. The number of nitrogens with one attached hydrogen (secondary N) is 2. The average molecular weight is 294 g/mol. The van der Waals surface area contributed by atoms with Crippen molar-refractivity contribution in [3.8, 4) is 0 Å². The second-order valence-electron chi connectivity index (χ2n) is 4.94. The van der Waals surface area contributed by atoms with Gasteiger partial charge in [0.1, 0.15) is 0 Å². The molecule has 106 valence electrons. The van der Waals surface area contributed by atoms with Gasteiger partial charge in [-0.25, -0.2) is 12.7 Å². The van der Waals surface area contributed by atoms with Gasteiger partial charge in [-0.1, -0.05) is 0 Å². The Hall–Kier alpha value is -1.93. The number of sulfonamides is 1. The van der Waals surface area contributed by atoms with E-state index in [-0.39, 0.29) is 24.9 Å². The van der Waals surface area contributed by atoms with Gasteiger partial charge in [0.15, 0.2) is 0 Å². The van der Waals surface area contributed by atoms with Gasteiger partial charge in [-0.05, 0) is 18.2 Å². The van der Waals surface area contributed by atoms with E-state index in [9.17, 15) is 13.2 Å². The lowest BCUT2D eigenvalue weighted by atomic mass is 10.0. The molecule has 1 aliphatic heterocycles. The zero-order chi connectivity index (χ0) is 14.3. The van der Waals surface area contributed by atoms with Crippen molar-refractivity contribution in [3.63, 3.8) is 0 Å². The van der Waals surface area contributed by atoms with Gasteiger partial charge in [-0.2, -0.15) is 5.10 Å². The van der Waals surface area contributed by atoms with Crippen LogP contribution in [0.2, 0.25) is 0 Å². The molecule has 1 saturated heterocycles. The summed E-state index contributed by atoms with van der Waals surface area (Å²) in [7, 11) is -3.19. The van der Waals surface area contributed by atoms with E-state index in [0.29, 0.717) is 5.69 Å². The predicted molar refractivity (Wildman–Crippen MR) is 74.6 cm³/mol. The van der Waals surface area contributed by atoms with E-state index in [1.165, 1.54) is 4.31 Å². The highest BCUT2D eigenvalue weighted by Crippen LogP contribution is 2.22. The lowest BCUT2D eigenvalue weighted by Gasteiger charge is -2.35. The topological polar surface area (TPSA) is 95.2 Å². The third-order valence-electron chi connectivity index (χ3n) is 3.40. The molecule has 1 aromatic heterocycles. The molecule has 0 atom stereocenters. The Kier molecular flexibility index (Phi) is 2.98. The number of nitrogens with zero attached hydrogens (tertiary/aromatic N) is 2. The van der Waals surface area contributed by atoms with Crippen LogP contribution in [0.5, 0.6) is 0 Å². The Morgan fingerprint density at radius 1 is 1.45 bits per heavy atom. The van der Waals surface area contributed by atoms with Crippen LogP contribution in [0.1, 0.15) is 0 Å². The second-order valence-corrected chi connectivity index (χ2v) is 6.92. The van der Waals surface area contributed by atoms with Gasteiger partial charge in [0.25, 0.3) is 0 Å². The van der Waals surface area contributed by atoms with Crippen molar-refractivity contribution in [1.29, 1.82) is 0 Å². The molecule has 20 heavy (non-hydrogen) atoms. The molecule has 1 aromatic carbocycles. The first-order valence-electron chi connectivity index (χ1n) is 6.12. The highest BCUT2D eigenvalue weighted by molar-refractivity contribution is 7.88. The Balaban J connectivity index is 1.65. The number of amides is 1. The van der Waals surface area contributed by atoms with E-state index in [2.05, 4.69) is 15.5 Å². The number of aromatic amines is 1. The summed E-state index contributed by atoms with van der Waals surface area (Å²) in [4.78, 5) is 12.0. The number of H-pyrrole nitrogens is 1. The molecule has 3 rings (SSSR count). The molecule has 2 aromatic rings. The molecule has 2 N–H and O–H groups in total. The monoisotopic (exact) mass is 294 g/mol. The smallest absolute Gasteiger partial charge is 0.230 e. The summed E-state index contributed by atoms with van der Waals surface area (Å²) in [6.45, 7) is 0.494. The average Bonchev–Trinajstić information content (AvgIpc) is 2.71. The van der Waals surface area contributed by atoms with Crippen LogP contribution in [-0.2, 0) is 14.8 Å². The quantitative estimate of drug-likeness (QED) is 0.856. The summed E-state index contributed by atoms with van der Waals surface area (Å²) >= 11 is 0. The molecule has 0 unspecified atom stereocenters. The molecule has 0 aliphatic carbocycles. The fourth-order valence-electron chi connectivity index (χ4n) is 2.13. The molecule has 2 heterocycles. The summed E-state index contributed by atoms with van der Waals surface area (Å²) in [5, 5.41) is 10.5. The van der Waals surface area contributed by atoms with Crippen molar-refractivity contribution < 1.29 is 13.2 Å². The largest absolute Gasteiger partial charge is 0.326 e. The lowest BCUT2D eigenvalue weighted by Crippen LogP contribution is -2.53. The van der Waals surface area contributed by atoms with Gasteiger partial charge in [0, 0.05) is 24.2 Å². The molecule has 0 radical (unpaired) electrons. The van der Waals surface area contributed by atoms with Crippen molar-refractivity contribution in [2.24, 2.45) is 5.92 Å². The maximum Gasteiger partial charge on any atom is 0.230 e. The first kappa shape index (κ1) is 13.1. The molecule has 1 amide bonds. The molecule has 0 saturated carbocycles. The number of rotatable bonds is 3. The molecular formula is C12H14N4O3S. The van der Waals surface area contributed by atoms with Crippen LogP contribution in [0.4, 0.5) is 5.69 Å². The van der Waals surface area contributed by atoms with Crippen molar-refractivity contribution in [1.82, 2.24) is 14.5 Å². The SMILES string of the molecule is CS(=O)(=O)N1CC(C(=O)Nc2ccc3cn[nH]c3c2)C1. The van der Waals surface area contributed by atoms with Crippen LogP contribution in [0.3, 0.4) is 0 Å². The first-order chi connectivity index (χ1) is 9.43. The maximum absolute atomic E-state index is 12.0. The standard InChI is InChI=1S/C12H14N4O3S/c1-20(18,19)16-6-9(7-16)12(17)14-10-3-2-8-5-13-15-11(8)4-10/h2-5,9H,6-7H2,1H3,(H,13,15)(H,14,17). The van der Waals surface area contributed by atoms with Gasteiger partial charge in [0.05, 0.1) is 23.9 Å². The maximum atomic E-state index is 12.0. The van der Waals surface area contributed by atoms with Crippen molar-refractivity contribution in [2.75, 3.05) is 24.7 Å².